The van der Waals surface area contributed by atoms with Gasteiger partial charge in [0.25, 0.3) is 15.9 Å². The third-order valence-electron chi connectivity index (χ3n) is 6.88. The maximum absolute atomic E-state index is 13.8. The summed E-state index contributed by atoms with van der Waals surface area (Å²) in [7, 11) is -3.76. The number of carbonyl (C=O) groups excluding carboxylic acids is 1. The monoisotopic (exact) mass is 588 g/mol. The summed E-state index contributed by atoms with van der Waals surface area (Å²) in [4.78, 5) is 22.2. The highest BCUT2D eigenvalue weighted by Gasteiger charge is 2.31. The first-order chi connectivity index (χ1) is 18.3. The van der Waals surface area contributed by atoms with Crippen molar-refractivity contribution in [3.05, 3.63) is 83.7 Å². The zero-order valence-corrected chi connectivity index (χ0v) is 24.2. The van der Waals surface area contributed by atoms with Crippen molar-refractivity contribution >= 4 is 60.7 Å². The van der Waals surface area contributed by atoms with E-state index in [1.165, 1.54) is 39.9 Å². The predicted octanol–water partition coefficient (Wildman–Crippen LogP) is 5.60. The van der Waals surface area contributed by atoms with Crippen LogP contribution in [-0.2, 0) is 16.4 Å². The van der Waals surface area contributed by atoms with E-state index in [4.69, 9.17) is 0 Å². The number of anilines is 2. The van der Waals surface area contributed by atoms with Gasteiger partial charge >= 0.3 is 0 Å². The van der Waals surface area contributed by atoms with E-state index in [1.807, 2.05) is 24.3 Å². The Morgan fingerprint density at radius 2 is 1.74 bits per heavy atom. The molecule has 1 aliphatic heterocycles. The van der Waals surface area contributed by atoms with E-state index < -0.39 is 10.0 Å². The van der Waals surface area contributed by atoms with Crippen LogP contribution in [0.4, 0.5) is 15.2 Å². The summed E-state index contributed by atoms with van der Waals surface area (Å²) in [6, 6.07) is 17.9. The molecular formula is C28H30ClFN4O3S2. The summed E-state index contributed by atoms with van der Waals surface area (Å²) in [5.41, 5.74) is 2.68. The molecule has 5 rings (SSSR count). The number of halogens is 2. The minimum atomic E-state index is -3.76. The largest absolute Gasteiger partial charge is 0.302 e. The number of hydrogen-bond acceptors (Lipinski definition) is 6. The molecular weight excluding hydrogens is 559 g/mol. The maximum Gasteiger partial charge on any atom is 0.264 e. The van der Waals surface area contributed by atoms with Crippen LogP contribution in [0.25, 0.3) is 10.2 Å². The highest BCUT2D eigenvalue weighted by molar-refractivity contribution is 7.92. The van der Waals surface area contributed by atoms with Gasteiger partial charge in [-0.05, 0) is 73.6 Å². The van der Waals surface area contributed by atoms with Crippen LogP contribution >= 0.6 is 23.7 Å². The molecule has 1 amide bonds. The van der Waals surface area contributed by atoms with Crippen molar-refractivity contribution in [3.8, 4) is 0 Å². The number of para-hydroxylation sites is 1. The highest BCUT2D eigenvalue weighted by Crippen LogP contribution is 2.33. The first-order valence-corrected chi connectivity index (χ1v) is 14.9. The van der Waals surface area contributed by atoms with E-state index in [0.29, 0.717) is 52.7 Å². The molecule has 1 aromatic heterocycles. The third-order valence-corrected chi connectivity index (χ3v) is 9.75. The van der Waals surface area contributed by atoms with Gasteiger partial charge in [-0.2, -0.15) is 0 Å². The van der Waals surface area contributed by atoms with Crippen molar-refractivity contribution in [2.24, 2.45) is 0 Å². The lowest BCUT2D eigenvalue weighted by atomic mass is 10.2. The Balaban J connectivity index is 0.00000353. The van der Waals surface area contributed by atoms with Crippen molar-refractivity contribution < 1.29 is 17.6 Å². The molecule has 0 aliphatic carbocycles. The van der Waals surface area contributed by atoms with Crippen LogP contribution in [0.5, 0.6) is 0 Å². The van der Waals surface area contributed by atoms with Gasteiger partial charge in [0.15, 0.2) is 5.13 Å². The lowest BCUT2D eigenvalue weighted by molar-refractivity contribution is 0.0983. The van der Waals surface area contributed by atoms with Crippen LogP contribution in [-0.4, -0.2) is 56.9 Å². The Morgan fingerprint density at radius 1 is 1.03 bits per heavy atom. The van der Waals surface area contributed by atoms with E-state index in [0.717, 1.165) is 18.7 Å². The number of fused-ring (bicyclic) bond motifs is 2. The second-order valence-corrected chi connectivity index (χ2v) is 11.9. The number of carbonyl (C=O) groups is 1. The van der Waals surface area contributed by atoms with Crippen LogP contribution in [0.3, 0.4) is 0 Å². The topological polar surface area (TPSA) is 73.8 Å². The van der Waals surface area contributed by atoms with Crippen LogP contribution in [0.2, 0.25) is 0 Å². The second-order valence-electron chi connectivity index (χ2n) is 9.07. The zero-order chi connectivity index (χ0) is 26.9. The fourth-order valence-electron chi connectivity index (χ4n) is 4.68. The Bertz CT molecular complexity index is 1570. The van der Waals surface area contributed by atoms with Gasteiger partial charge in [-0.15, -0.1) is 12.4 Å². The van der Waals surface area contributed by atoms with Crippen LogP contribution in [0.1, 0.15) is 29.8 Å². The van der Waals surface area contributed by atoms with E-state index in [9.17, 15) is 17.6 Å². The van der Waals surface area contributed by atoms with Crippen molar-refractivity contribution in [1.29, 1.82) is 0 Å². The lowest BCUT2D eigenvalue weighted by Gasteiger charge is -2.25. The molecule has 0 atom stereocenters. The molecule has 0 unspecified atom stereocenters. The van der Waals surface area contributed by atoms with E-state index in [1.54, 1.807) is 23.1 Å². The van der Waals surface area contributed by atoms with Crippen LogP contribution in [0.15, 0.2) is 71.6 Å². The van der Waals surface area contributed by atoms with Crippen molar-refractivity contribution in [2.75, 3.05) is 41.9 Å². The predicted molar refractivity (Wildman–Crippen MR) is 157 cm³/mol. The SMILES string of the molecule is CCN(CC)CCN(C(=O)c1ccc(S(=O)(=O)N2CCc3ccccc32)cc1)c1nc2ccc(F)cc2s1.Cl. The van der Waals surface area contributed by atoms with Crippen molar-refractivity contribution in [2.45, 2.75) is 25.2 Å². The summed E-state index contributed by atoms with van der Waals surface area (Å²) < 4.78 is 42.7. The summed E-state index contributed by atoms with van der Waals surface area (Å²) in [6.07, 6.45) is 0.666. The number of nitrogens with zero attached hydrogens (tertiary/aromatic N) is 4. The standard InChI is InChI=1S/C28H29FN4O3S2.ClH/c1-3-31(4-2)17-18-32(28-30-24-14-11-22(29)19-26(24)37-28)27(34)21-9-12-23(13-10-21)38(35,36)33-16-15-20-7-5-6-8-25(20)33;/h5-14,19H,3-4,15-18H2,1-2H3;1H. The number of thiazole rings is 1. The maximum atomic E-state index is 13.8. The first-order valence-electron chi connectivity index (χ1n) is 12.6. The molecule has 0 saturated heterocycles. The highest BCUT2D eigenvalue weighted by atomic mass is 35.5. The molecule has 0 bridgehead atoms. The van der Waals surface area contributed by atoms with Gasteiger partial charge in [-0.3, -0.25) is 14.0 Å². The van der Waals surface area contributed by atoms with Crippen LogP contribution in [0, 0.1) is 5.82 Å². The molecule has 2 heterocycles. The van der Waals surface area contributed by atoms with Gasteiger partial charge in [0.1, 0.15) is 5.82 Å². The molecule has 0 N–H and O–H groups in total. The Hall–Kier alpha value is -3.05. The van der Waals surface area contributed by atoms with Gasteiger partial charge in [0.05, 0.1) is 20.8 Å². The van der Waals surface area contributed by atoms with Crippen molar-refractivity contribution in [1.82, 2.24) is 9.88 Å². The number of aromatic nitrogens is 1. The number of sulfonamides is 1. The number of amides is 1. The quantitative estimate of drug-likeness (QED) is 0.255. The third kappa shape index (κ3) is 5.79. The molecule has 7 nitrogen and oxygen atoms in total. The minimum absolute atomic E-state index is 0. The van der Waals surface area contributed by atoms with Crippen LogP contribution < -0.4 is 9.21 Å². The minimum Gasteiger partial charge on any atom is -0.302 e. The Morgan fingerprint density at radius 3 is 2.46 bits per heavy atom. The fraction of sp³-hybridized carbons (Fsp3) is 0.286. The fourth-order valence-corrected chi connectivity index (χ4v) is 7.20. The normalized spacial score (nSPS) is 13.0. The van der Waals surface area contributed by atoms with E-state index in [2.05, 4.69) is 23.7 Å². The number of rotatable bonds is 9. The number of benzene rings is 3. The van der Waals surface area contributed by atoms with Gasteiger partial charge in [-0.1, -0.05) is 43.4 Å². The lowest BCUT2D eigenvalue weighted by Crippen LogP contribution is -2.39. The van der Waals surface area contributed by atoms with E-state index >= 15 is 0 Å². The van der Waals surface area contributed by atoms with Gasteiger partial charge < -0.3 is 4.90 Å². The average molecular weight is 589 g/mol. The summed E-state index contributed by atoms with van der Waals surface area (Å²) >= 11 is 1.26. The van der Waals surface area contributed by atoms with Crippen molar-refractivity contribution in [3.63, 3.8) is 0 Å². The molecule has 206 valence electrons. The molecule has 4 aromatic rings. The zero-order valence-electron chi connectivity index (χ0n) is 21.7. The van der Waals surface area contributed by atoms with Gasteiger partial charge in [-0.25, -0.2) is 17.8 Å². The summed E-state index contributed by atoms with van der Waals surface area (Å²) in [5.74, 6) is -0.640. The summed E-state index contributed by atoms with van der Waals surface area (Å²) in [6.45, 7) is 7.24. The molecule has 39 heavy (non-hydrogen) atoms. The molecule has 0 saturated carbocycles. The number of hydrogen-bond donors (Lipinski definition) is 0. The molecule has 1 aliphatic rings. The smallest absolute Gasteiger partial charge is 0.264 e. The summed E-state index contributed by atoms with van der Waals surface area (Å²) in [5, 5.41) is 0.480. The first kappa shape index (κ1) is 28.9. The molecule has 11 heteroatoms. The molecule has 0 fully saturated rings. The molecule has 0 spiro atoms. The average Bonchev–Trinajstić information content (AvgIpc) is 3.55. The number of likely N-dealkylation sites (N-methyl/N-ethyl adjacent to an activating group) is 1. The Labute approximate surface area is 238 Å². The second kappa shape index (κ2) is 12.0. The molecule has 3 aromatic carbocycles. The van der Waals surface area contributed by atoms with Gasteiger partial charge in [0, 0.05) is 25.2 Å². The van der Waals surface area contributed by atoms with E-state index in [-0.39, 0.29) is 29.0 Å². The molecule has 0 radical (unpaired) electrons. The van der Waals surface area contributed by atoms with Gasteiger partial charge in [0.2, 0.25) is 0 Å². The Kier molecular flexibility index (Phi) is 8.90.